The van der Waals surface area contributed by atoms with Crippen LogP contribution in [-0.2, 0) is 20.7 Å². The maximum absolute atomic E-state index is 12.6. The second-order valence-corrected chi connectivity index (χ2v) is 7.70. The summed E-state index contributed by atoms with van der Waals surface area (Å²) in [5.41, 5.74) is 2.18. The molecule has 7 nitrogen and oxygen atoms in total. The van der Waals surface area contributed by atoms with Gasteiger partial charge in [-0.05, 0) is 37.3 Å². The number of amides is 3. The van der Waals surface area contributed by atoms with Crippen LogP contribution in [0.2, 0.25) is 0 Å². The molecule has 0 spiro atoms. The van der Waals surface area contributed by atoms with E-state index in [9.17, 15) is 14.4 Å². The Hall–Kier alpha value is -2.57. The van der Waals surface area contributed by atoms with E-state index in [-0.39, 0.29) is 36.8 Å². The number of hydrogen-bond donors (Lipinski definition) is 0. The van der Waals surface area contributed by atoms with Crippen LogP contribution in [0.15, 0.2) is 24.3 Å². The van der Waals surface area contributed by atoms with E-state index < -0.39 is 0 Å². The molecule has 1 aromatic rings. The third-order valence-corrected chi connectivity index (χ3v) is 6.00. The van der Waals surface area contributed by atoms with E-state index in [1.165, 1.54) is 5.56 Å². The zero-order chi connectivity index (χ0) is 19.5. The van der Waals surface area contributed by atoms with Crippen molar-refractivity contribution in [2.45, 2.75) is 44.6 Å². The van der Waals surface area contributed by atoms with Crippen molar-refractivity contribution in [3.8, 4) is 0 Å². The fraction of sp³-hybridized carbons (Fsp3) is 0.571. The molecule has 0 aromatic heterocycles. The first kappa shape index (κ1) is 18.8. The van der Waals surface area contributed by atoms with Crippen molar-refractivity contribution in [3.05, 3.63) is 29.8 Å². The fourth-order valence-corrected chi connectivity index (χ4v) is 4.43. The number of nitrogens with zero attached hydrogens (tertiary/aromatic N) is 3. The summed E-state index contributed by atoms with van der Waals surface area (Å²) in [6.45, 7) is 3.21. The van der Waals surface area contributed by atoms with Crippen LogP contribution >= 0.6 is 0 Å². The smallest absolute Gasteiger partial charge is 0.410 e. The van der Waals surface area contributed by atoms with E-state index in [0.29, 0.717) is 26.2 Å². The lowest BCUT2D eigenvalue weighted by Gasteiger charge is -2.39. The minimum absolute atomic E-state index is 0.0178. The summed E-state index contributed by atoms with van der Waals surface area (Å²) in [4.78, 5) is 42.5. The number of rotatable bonds is 4. The average Bonchev–Trinajstić information content (AvgIpc) is 3.16. The van der Waals surface area contributed by atoms with Gasteiger partial charge in [-0.25, -0.2) is 4.79 Å². The molecule has 3 amide bonds. The molecule has 0 N–H and O–H groups in total. The van der Waals surface area contributed by atoms with Crippen LogP contribution in [0.5, 0.6) is 0 Å². The molecule has 150 valence electrons. The normalized spacial score (nSPS) is 20.1. The van der Waals surface area contributed by atoms with E-state index in [0.717, 1.165) is 37.9 Å². The van der Waals surface area contributed by atoms with Gasteiger partial charge in [-0.3, -0.25) is 9.59 Å². The molecule has 0 saturated carbocycles. The molecule has 3 aliphatic rings. The molecule has 7 heteroatoms. The molecule has 0 atom stereocenters. The summed E-state index contributed by atoms with van der Waals surface area (Å²) in [7, 11) is 0. The average molecular weight is 385 g/mol. The lowest BCUT2D eigenvalue weighted by Crippen LogP contribution is -2.51. The largest absolute Gasteiger partial charge is 0.449 e. The minimum Gasteiger partial charge on any atom is -0.449 e. The van der Waals surface area contributed by atoms with E-state index in [2.05, 4.69) is 6.07 Å². The number of carbonyl (C=O) groups excluding carboxylic acids is 3. The summed E-state index contributed by atoms with van der Waals surface area (Å²) in [5.74, 6) is 0.0461. The first-order chi connectivity index (χ1) is 13.6. The Labute approximate surface area is 165 Å². The minimum atomic E-state index is -0.229. The lowest BCUT2D eigenvalue weighted by atomic mass is 10.0. The monoisotopic (exact) mass is 385 g/mol. The molecule has 0 unspecified atom stereocenters. The number of ether oxygens (including phenoxy) is 1. The van der Waals surface area contributed by atoms with Crippen LogP contribution in [-0.4, -0.2) is 66.5 Å². The molecular weight excluding hydrogens is 358 g/mol. The number of benzene rings is 1. The highest BCUT2D eigenvalue weighted by Gasteiger charge is 2.32. The predicted molar refractivity (Wildman–Crippen MR) is 104 cm³/mol. The Morgan fingerprint density at radius 2 is 1.75 bits per heavy atom. The van der Waals surface area contributed by atoms with Crippen LogP contribution in [0.1, 0.15) is 37.7 Å². The molecule has 3 heterocycles. The van der Waals surface area contributed by atoms with Gasteiger partial charge in [-0.1, -0.05) is 18.2 Å². The Kier molecular flexibility index (Phi) is 5.50. The number of fused-ring (bicyclic) bond motifs is 1. The van der Waals surface area contributed by atoms with Gasteiger partial charge >= 0.3 is 6.09 Å². The molecule has 1 aromatic carbocycles. The molecular formula is C21H27N3O4. The Morgan fingerprint density at radius 3 is 2.54 bits per heavy atom. The van der Waals surface area contributed by atoms with Gasteiger partial charge in [0.1, 0.15) is 0 Å². The summed E-state index contributed by atoms with van der Waals surface area (Å²) in [5, 5.41) is 0. The Bertz CT molecular complexity index is 758. The number of para-hydroxylation sites is 1. The topological polar surface area (TPSA) is 70.2 Å². The molecule has 0 aliphatic carbocycles. The third kappa shape index (κ3) is 3.84. The van der Waals surface area contributed by atoms with E-state index in [1.807, 2.05) is 23.1 Å². The maximum atomic E-state index is 12.6. The molecule has 4 rings (SSSR count). The van der Waals surface area contributed by atoms with Crippen LogP contribution in [0.4, 0.5) is 10.5 Å². The first-order valence-electron chi connectivity index (χ1n) is 10.2. The molecule has 28 heavy (non-hydrogen) atoms. The van der Waals surface area contributed by atoms with Gasteiger partial charge in [-0.15, -0.1) is 0 Å². The molecule has 2 saturated heterocycles. The van der Waals surface area contributed by atoms with Gasteiger partial charge in [0.2, 0.25) is 11.8 Å². The third-order valence-electron chi connectivity index (χ3n) is 6.00. The van der Waals surface area contributed by atoms with Gasteiger partial charge in [0.25, 0.3) is 0 Å². The number of cyclic esters (lactones) is 1. The van der Waals surface area contributed by atoms with Gasteiger partial charge in [0.05, 0.1) is 6.61 Å². The van der Waals surface area contributed by atoms with Crippen molar-refractivity contribution >= 4 is 23.6 Å². The van der Waals surface area contributed by atoms with Crippen molar-refractivity contribution in [3.63, 3.8) is 0 Å². The zero-order valence-electron chi connectivity index (χ0n) is 16.1. The van der Waals surface area contributed by atoms with Gasteiger partial charge in [0.15, 0.2) is 0 Å². The number of piperidine rings is 1. The lowest BCUT2D eigenvalue weighted by molar-refractivity contribution is -0.134. The zero-order valence-corrected chi connectivity index (χ0v) is 16.1. The van der Waals surface area contributed by atoms with Crippen LogP contribution < -0.4 is 4.90 Å². The molecule has 0 bridgehead atoms. The van der Waals surface area contributed by atoms with E-state index in [4.69, 9.17) is 4.74 Å². The fourth-order valence-electron chi connectivity index (χ4n) is 4.43. The van der Waals surface area contributed by atoms with Gasteiger partial charge in [-0.2, -0.15) is 0 Å². The second-order valence-electron chi connectivity index (χ2n) is 7.70. The van der Waals surface area contributed by atoms with Crippen LogP contribution in [0.25, 0.3) is 0 Å². The summed E-state index contributed by atoms with van der Waals surface area (Å²) < 4.78 is 5.12. The van der Waals surface area contributed by atoms with Crippen molar-refractivity contribution in [1.29, 1.82) is 0 Å². The van der Waals surface area contributed by atoms with Crippen LogP contribution in [0.3, 0.4) is 0 Å². The highest BCUT2D eigenvalue weighted by Crippen LogP contribution is 2.28. The number of anilines is 1. The van der Waals surface area contributed by atoms with Crippen molar-refractivity contribution in [2.24, 2.45) is 0 Å². The Morgan fingerprint density at radius 1 is 1.00 bits per heavy atom. The summed E-state index contributed by atoms with van der Waals surface area (Å²) in [6.07, 6.45) is 3.55. The van der Waals surface area contributed by atoms with Crippen LogP contribution in [0, 0.1) is 0 Å². The highest BCUT2D eigenvalue weighted by atomic mass is 16.6. The van der Waals surface area contributed by atoms with E-state index >= 15 is 0 Å². The second kappa shape index (κ2) is 8.20. The SMILES string of the molecule is O=C(CCC(=O)N1CCc2ccccc21)N1CCC(N2CCCOC2=O)CC1. The summed E-state index contributed by atoms with van der Waals surface area (Å²) >= 11 is 0. The number of carbonyl (C=O) groups is 3. The quantitative estimate of drug-likeness (QED) is 0.797. The van der Waals surface area contributed by atoms with Crippen molar-refractivity contribution in [2.75, 3.05) is 37.7 Å². The van der Waals surface area contributed by atoms with Crippen molar-refractivity contribution < 1.29 is 19.1 Å². The van der Waals surface area contributed by atoms with Crippen molar-refractivity contribution in [1.82, 2.24) is 9.80 Å². The predicted octanol–water partition coefficient (Wildman–Crippen LogP) is 2.19. The molecule has 3 aliphatic heterocycles. The van der Waals surface area contributed by atoms with Gasteiger partial charge < -0.3 is 19.4 Å². The number of likely N-dealkylation sites (tertiary alicyclic amines) is 1. The number of hydrogen-bond acceptors (Lipinski definition) is 4. The molecule has 0 radical (unpaired) electrons. The maximum Gasteiger partial charge on any atom is 0.410 e. The van der Waals surface area contributed by atoms with Gasteiger partial charge in [0, 0.05) is 50.7 Å². The standard InChI is InChI=1S/C21H27N3O4/c25-19(6-7-20(26)24-14-8-16-4-1-2-5-18(16)24)22-12-9-17(10-13-22)23-11-3-15-28-21(23)27/h1-2,4-5,17H,3,6-15H2. The summed E-state index contributed by atoms with van der Waals surface area (Å²) in [6, 6.07) is 8.11. The van der Waals surface area contributed by atoms with E-state index in [1.54, 1.807) is 9.80 Å². The first-order valence-corrected chi connectivity index (χ1v) is 10.2. The Balaban J connectivity index is 1.24. The highest BCUT2D eigenvalue weighted by molar-refractivity contribution is 5.97. The molecule has 2 fully saturated rings.